The maximum atomic E-state index is 12.0. The zero-order chi connectivity index (χ0) is 16.2. The van der Waals surface area contributed by atoms with Crippen LogP contribution in [0.25, 0.3) is 0 Å². The van der Waals surface area contributed by atoms with Crippen LogP contribution in [0.3, 0.4) is 0 Å². The fraction of sp³-hybridized carbons (Fsp3) is 0.500. The summed E-state index contributed by atoms with van der Waals surface area (Å²) in [5.74, 6) is -0.448. The third-order valence-electron chi connectivity index (χ3n) is 3.24. The van der Waals surface area contributed by atoms with E-state index in [1.54, 1.807) is 13.0 Å². The molecule has 0 saturated heterocycles. The number of carbonyl (C=O) groups excluding carboxylic acids is 2. The molecule has 0 aliphatic heterocycles. The molecule has 116 valence electrons. The van der Waals surface area contributed by atoms with Crippen LogP contribution in [0.2, 0.25) is 0 Å². The molecule has 1 aromatic rings. The Morgan fingerprint density at radius 3 is 2.38 bits per heavy atom. The van der Waals surface area contributed by atoms with Crippen LogP contribution < -0.4 is 16.4 Å². The number of hydrogen-bond acceptors (Lipinski definition) is 3. The Balaban J connectivity index is 2.90. The van der Waals surface area contributed by atoms with Gasteiger partial charge < -0.3 is 16.4 Å². The predicted molar refractivity (Wildman–Crippen MR) is 86.1 cm³/mol. The number of nitrogens with two attached hydrogens (primary N) is 1. The van der Waals surface area contributed by atoms with Crippen LogP contribution >= 0.6 is 0 Å². The molecule has 0 heterocycles. The summed E-state index contributed by atoms with van der Waals surface area (Å²) in [4.78, 5) is 23.9. The molecule has 2 amide bonds. The van der Waals surface area contributed by atoms with E-state index in [4.69, 9.17) is 5.73 Å². The SMILES string of the molecule is Cc1ccc(NC(=O)C(C)(C)C)cc1NC(=O)C(C)CN. The summed E-state index contributed by atoms with van der Waals surface area (Å²) >= 11 is 0. The van der Waals surface area contributed by atoms with Crippen molar-refractivity contribution in [2.24, 2.45) is 17.1 Å². The van der Waals surface area contributed by atoms with Gasteiger partial charge in [-0.3, -0.25) is 9.59 Å². The topological polar surface area (TPSA) is 84.2 Å². The molecule has 5 nitrogen and oxygen atoms in total. The van der Waals surface area contributed by atoms with Crippen molar-refractivity contribution in [2.45, 2.75) is 34.6 Å². The molecule has 1 rings (SSSR count). The maximum absolute atomic E-state index is 12.0. The first-order chi connectivity index (χ1) is 9.65. The molecule has 5 heteroatoms. The summed E-state index contributed by atoms with van der Waals surface area (Å²) < 4.78 is 0. The smallest absolute Gasteiger partial charge is 0.229 e. The van der Waals surface area contributed by atoms with Crippen LogP contribution in [0.5, 0.6) is 0 Å². The first kappa shape index (κ1) is 17.2. The normalized spacial score (nSPS) is 12.7. The van der Waals surface area contributed by atoms with E-state index in [2.05, 4.69) is 10.6 Å². The molecule has 0 saturated carbocycles. The van der Waals surface area contributed by atoms with E-state index < -0.39 is 5.41 Å². The van der Waals surface area contributed by atoms with Crippen molar-refractivity contribution in [1.29, 1.82) is 0 Å². The molecule has 0 fully saturated rings. The number of hydrogen-bond donors (Lipinski definition) is 3. The van der Waals surface area contributed by atoms with Gasteiger partial charge in [0.1, 0.15) is 0 Å². The van der Waals surface area contributed by atoms with E-state index in [9.17, 15) is 9.59 Å². The minimum atomic E-state index is -0.470. The highest BCUT2D eigenvalue weighted by atomic mass is 16.2. The van der Waals surface area contributed by atoms with Crippen molar-refractivity contribution in [1.82, 2.24) is 0 Å². The molecular weight excluding hydrogens is 266 g/mol. The first-order valence-corrected chi connectivity index (χ1v) is 7.08. The maximum Gasteiger partial charge on any atom is 0.229 e. The lowest BCUT2D eigenvalue weighted by Crippen LogP contribution is -2.28. The number of carbonyl (C=O) groups is 2. The Labute approximate surface area is 126 Å². The van der Waals surface area contributed by atoms with E-state index in [-0.39, 0.29) is 17.7 Å². The van der Waals surface area contributed by atoms with Gasteiger partial charge >= 0.3 is 0 Å². The van der Waals surface area contributed by atoms with Gasteiger partial charge in [0.25, 0.3) is 0 Å². The molecule has 1 atom stereocenters. The Bertz CT molecular complexity index is 533. The number of amides is 2. The van der Waals surface area contributed by atoms with Crippen molar-refractivity contribution in [3.05, 3.63) is 23.8 Å². The van der Waals surface area contributed by atoms with Crippen LogP contribution in [0.4, 0.5) is 11.4 Å². The third-order valence-corrected chi connectivity index (χ3v) is 3.24. The molecule has 1 aromatic carbocycles. The lowest BCUT2D eigenvalue weighted by atomic mass is 9.95. The molecule has 21 heavy (non-hydrogen) atoms. The van der Waals surface area contributed by atoms with E-state index in [0.29, 0.717) is 17.9 Å². The summed E-state index contributed by atoms with van der Waals surface area (Å²) in [5.41, 5.74) is 7.30. The van der Waals surface area contributed by atoms with E-state index in [0.717, 1.165) is 5.56 Å². The van der Waals surface area contributed by atoms with E-state index >= 15 is 0 Å². The summed E-state index contributed by atoms with van der Waals surface area (Å²) in [7, 11) is 0. The van der Waals surface area contributed by atoms with E-state index in [1.165, 1.54) is 0 Å². The summed E-state index contributed by atoms with van der Waals surface area (Å²) in [6.45, 7) is 9.52. The van der Waals surface area contributed by atoms with Crippen LogP contribution in [-0.4, -0.2) is 18.4 Å². The van der Waals surface area contributed by atoms with Gasteiger partial charge in [-0.25, -0.2) is 0 Å². The second-order valence-corrected chi connectivity index (χ2v) is 6.36. The zero-order valence-corrected chi connectivity index (χ0v) is 13.4. The summed E-state index contributed by atoms with van der Waals surface area (Å²) in [6, 6.07) is 5.45. The lowest BCUT2D eigenvalue weighted by Gasteiger charge is -2.19. The number of aryl methyl sites for hydroxylation is 1. The lowest BCUT2D eigenvalue weighted by molar-refractivity contribution is -0.123. The van der Waals surface area contributed by atoms with Crippen molar-refractivity contribution < 1.29 is 9.59 Å². The van der Waals surface area contributed by atoms with Gasteiger partial charge in [0, 0.05) is 29.3 Å². The second kappa shape index (κ2) is 6.72. The van der Waals surface area contributed by atoms with Crippen molar-refractivity contribution in [3.8, 4) is 0 Å². The fourth-order valence-electron chi connectivity index (χ4n) is 1.52. The molecule has 4 N–H and O–H groups in total. The highest BCUT2D eigenvalue weighted by molar-refractivity contribution is 5.97. The van der Waals surface area contributed by atoms with Crippen LogP contribution in [-0.2, 0) is 9.59 Å². The Hall–Kier alpha value is -1.88. The van der Waals surface area contributed by atoms with Crippen molar-refractivity contribution in [2.75, 3.05) is 17.2 Å². The minimum absolute atomic E-state index is 0.0704. The highest BCUT2D eigenvalue weighted by Crippen LogP contribution is 2.23. The number of benzene rings is 1. The van der Waals surface area contributed by atoms with Crippen LogP contribution in [0.1, 0.15) is 33.3 Å². The number of rotatable bonds is 4. The monoisotopic (exact) mass is 291 g/mol. The Kier molecular flexibility index (Phi) is 5.49. The van der Waals surface area contributed by atoms with Crippen LogP contribution in [0.15, 0.2) is 18.2 Å². The third kappa shape index (κ3) is 4.86. The average Bonchev–Trinajstić information content (AvgIpc) is 2.40. The number of anilines is 2. The van der Waals surface area contributed by atoms with E-state index in [1.807, 2.05) is 39.8 Å². The molecule has 0 aliphatic carbocycles. The standard InChI is InChI=1S/C16H25N3O2/c1-10-6-7-12(18-15(21)16(3,4)5)8-13(10)19-14(20)11(2)9-17/h6-8,11H,9,17H2,1-5H3,(H,18,21)(H,19,20). The van der Waals surface area contributed by atoms with Crippen LogP contribution in [0, 0.1) is 18.3 Å². The van der Waals surface area contributed by atoms with Gasteiger partial charge in [0.2, 0.25) is 11.8 Å². The van der Waals surface area contributed by atoms with Gasteiger partial charge in [0.15, 0.2) is 0 Å². The largest absolute Gasteiger partial charge is 0.330 e. The van der Waals surface area contributed by atoms with Crippen molar-refractivity contribution in [3.63, 3.8) is 0 Å². The van der Waals surface area contributed by atoms with Gasteiger partial charge in [-0.1, -0.05) is 33.8 Å². The Morgan fingerprint density at radius 1 is 1.24 bits per heavy atom. The molecular formula is C16H25N3O2. The fourth-order valence-corrected chi connectivity index (χ4v) is 1.52. The second-order valence-electron chi connectivity index (χ2n) is 6.36. The molecule has 0 spiro atoms. The first-order valence-electron chi connectivity index (χ1n) is 7.08. The Morgan fingerprint density at radius 2 is 1.86 bits per heavy atom. The zero-order valence-electron chi connectivity index (χ0n) is 13.4. The van der Waals surface area contributed by atoms with Gasteiger partial charge in [-0.15, -0.1) is 0 Å². The molecule has 0 aromatic heterocycles. The molecule has 1 unspecified atom stereocenters. The summed E-state index contributed by atoms with van der Waals surface area (Å²) in [6.07, 6.45) is 0. The number of nitrogens with one attached hydrogen (secondary N) is 2. The van der Waals surface area contributed by atoms with Gasteiger partial charge in [-0.05, 0) is 24.6 Å². The highest BCUT2D eigenvalue weighted by Gasteiger charge is 2.21. The molecule has 0 radical (unpaired) electrons. The quantitative estimate of drug-likeness (QED) is 0.797. The van der Waals surface area contributed by atoms with Crippen molar-refractivity contribution >= 4 is 23.2 Å². The summed E-state index contributed by atoms with van der Waals surface area (Å²) in [5, 5.41) is 5.69. The molecule has 0 bridgehead atoms. The average molecular weight is 291 g/mol. The predicted octanol–water partition coefficient (Wildman–Crippen LogP) is 2.51. The van der Waals surface area contributed by atoms with Gasteiger partial charge in [-0.2, -0.15) is 0 Å². The minimum Gasteiger partial charge on any atom is -0.330 e. The molecule has 0 aliphatic rings. The van der Waals surface area contributed by atoms with Gasteiger partial charge in [0.05, 0.1) is 0 Å².